The third kappa shape index (κ3) is 7.31. The maximum absolute atomic E-state index is 12.8. The lowest BCUT2D eigenvalue weighted by molar-refractivity contribution is 0.479. The Bertz CT molecular complexity index is 321. The lowest BCUT2D eigenvalue weighted by atomic mass is 10.00. The van der Waals surface area contributed by atoms with Gasteiger partial charge in [0.15, 0.2) is 0 Å². The normalized spacial score (nSPS) is 12.6. The summed E-state index contributed by atoms with van der Waals surface area (Å²) in [4.78, 5) is 0. The Hall–Kier alpha value is -0.890. The third-order valence-electron chi connectivity index (χ3n) is 3.71. The molecule has 1 aromatic carbocycles. The predicted molar refractivity (Wildman–Crippen MR) is 80.9 cm³/mol. The second kappa shape index (κ2) is 9.96. The van der Waals surface area contributed by atoms with Gasteiger partial charge in [-0.2, -0.15) is 0 Å². The summed E-state index contributed by atoms with van der Waals surface area (Å²) in [5.74, 6) is -0.152. The lowest BCUT2D eigenvalue weighted by Crippen LogP contribution is -2.27. The average molecular weight is 265 g/mol. The molecule has 0 aliphatic carbocycles. The van der Waals surface area contributed by atoms with E-state index in [0.717, 1.165) is 6.42 Å². The average Bonchev–Trinajstić information content (AvgIpc) is 2.43. The summed E-state index contributed by atoms with van der Waals surface area (Å²) in [5, 5.41) is 3.37. The molecule has 1 atom stereocenters. The highest BCUT2D eigenvalue weighted by Gasteiger charge is 2.07. The van der Waals surface area contributed by atoms with Crippen LogP contribution in [0.2, 0.25) is 0 Å². The molecule has 0 aromatic heterocycles. The molecule has 1 unspecified atom stereocenters. The highest BCUT2D eigenvalue weighted by Crippen LogP contribution is 2.12. The number of benzene rings is 1. The van der Waals surface area contributed by atoms with Gasteiger partial charge in [0.25, 0.3) is 0 Å². The van der Waals surface area contributed by atoms with Gasteiger partial charge in [0, 0.05) is 6.04 Å². The standard InChI is InChI=1S/C17H28FN/c1-3-4-5-6-7-8-9-17(19-2)14-15-10-12-16(18)13-11-15/h10-13,17,19H,3-9,14H2,1-2H3. The minimum absolute atomic E-state index is 0.152. The molecule has 108 valence electrons. The third-order valence-corrected chi connectivity index (χ3v) is 3.71. The first-order valence-corrected chi connectivity index (χ1v) is 7.68. The summed E-state index contributed by atoms with van der Waals surface area (Å²) in [5.41, 5.74) is 1.21. The van der Waals surface area contributed by atoms with Gasteiger partial charge in [-0.05, 0) is 37.6 Å². The molecule has 0 saturated carbocycles. The van der Waals surface area contributed by atoms with Gasteiger partial charge in [0.1, 0.15) is 5.82 Å². The Balaban J connectivity index is 2.20. The monoisotopic (exact) mass is 265 g/mol. The largest absolute Gasteiger partial charge is 0.317 e. The Kier molecular flexibility index (Phi) is 8.48. The van der Waals surface area contributed by atoms with Crippen LogP contribution in [0.25, 0.3) is 0 Å². The van der Waals surface area contributed by atoms with Crippen molar-refractivity contribution < 1.29 is 4.39 Å². The predicted octanol–water partition coefficient (Wildman–Crippen LogP) is 4.71. The van der Waals surface area contributed by atoms with Crippen molar-refractivity contribution >= 4 is 0 Å². The van der Waals surface area contributed by atoms with Crippen molar-refractivity contribution in [1.29, 1.82) is 0 Å². The highest BCUT2D eigenvalue weighted by atomic mass is 19.1. The van der Waals surface area contributed by atoms with Gasteiger partial charge in [-0.25, -0.2) is 4.39 Å². The summed E-state index contributed by atoms with van der Waals surface area (Å²) in [6, 6.07) is 7.39. The summed E-state index contributed by atoms with van der Waals surface area (Å²) < 4.78 is 12.8. The first-order chi connectivity index (χ1) is 9.26. The number of hydrogen-bond donors (Lipinski definition) is 1. The Morgan fingerprint density at radius 3 is 2.26 bits per heavy atom. The van der Waals surface area contributed by atoms with Crippen LogP contribution in [0.5, 0.6) is 0 Å². The molecular weight excluding hydrogens is 237 g/mol. The van der Waals surface area contributed by atoms with Crippen LogP contribution in [-0.4, -0.2) is 13.1 Å². The summed E-state index contributed by atoms with van der Waals surface area (Å²) in [6.45, 7) is 2.25. The molecular formula is C17H28FN. The van der Waals surface area contributed by atoms with Crippen molar-refractivity contribution in [1.82, 2.24) is 5.32 Å². The molecule has 1 nitrogen and oxygen atoms in total. The molecule has 19 heavy (non-hydrogen) atoms. The van der Waals surface area contributed by atoms with Crippen molar-refractivity contribution in [3.05, 3.63) is 35.6 Å². The van der Waals surface area contributed by atoms with E-state index in [4.69, 9.17) is 0 Å². The summed E-state index contributed by atoms with van der Waals surface area (Å²) >= 11 is 0. The summed E-state index contributed by atoms with van der Waals surface area (Å²) in [6.07, 6.45) is 10.2. The zero-order valence-electron chi connectivity index (χ0n) is 12.4. The van der Waals surface area contributed by atoms with Crippen molar-refractivity contribution in [2.24, 2.45) is 0 Å². The van der Waals surface area contributed by atoms with Crippen molar-refractivity contribution in [3.8, 4) is 0 Å². The SMILES string of the molecule is CCCCCCCCC(Cc1ccc(F)cc1)NC. The lowest BCUT2D eigenvalue weighted by Gasteiger charge is -2.16. The second-order valence-corrected chi connectivity index (χ2v) is 5.37. The van der Waals surface area contributed by atoms with Crippen molar-refractivity contribution in [2.75, 3.05) is 7.05 Å². The van der Waals surface area contributed by atoms with Gasteiger partial charge in [-0.3, -0.25) is 0 Å². The molecule has 0 fully saturated rings. The van der Waals surface area contributed by atoms with Crippen LogP contribution in [0.1, 0.15) is 57.4 Å². The molecule has 0 aliphatic heterocycles. The van der Waals surface area contributed by atoms with Crippen LogP contribution in [0, 0.1) is 5.82 Å². The second-order valence-electron chi connectivity index (χ2n) is 5.37. The van der Waals surface area contributed by atoms with Crippen molar-refractivity contribution in [2.45, 2.75) is 64.3 Å². The van der Waals surface area contributed by atoms with E-state index < -0.39 is 0 Å². The fourth-order valence-corrected chi connectivity index (χ4v) is 2.42. The highest BCUT2D eigenvalue weighted by molar-refractivity contribution is 5.17. The number of likely N-dealkylation sites (N-methyl/N-ethyl adjacent to an activating group) is 1. The van der Waals surface area contributed by atoms with Crippen LogP contribution in [0.3, 0.4) is 0 Å². The first kappa shape index (κ1) is 16.2. The number of hydrogen-bond acceptors (Lipinski definition) is 1. The van der Waals surface area contributed by atoms with E-state index in [9.17, 15) is 4.39 Å². The van der Waals surface area contributed by atoms with Gasteiger partial charge in [-0.15, -0.1) is 0 Å². The van der Waals surface area contributed by atoms with Crippen molar-refractivity contribution in [3.63, 3.8) is 0 Å². The maximum atomic E-state index is 12.8. The number of rotatable bonds is 10. The molecule has 0 amide bonds. The minimum Gasteiger partial charge on any atom is -0.317 e. The Labute approximate surface area is 117 Å². The minimum atomic E-state index is -0.152. The van der Waals surface area contributed by atoms with Crippen LogP contribution in [-0.2, 0) is 6.42 Å². The first-order valence-electron chi connectivity index (χ1n) is 7.68. The van der Waals surface area contributed by atoms with Gasteiger partial charge in [0.2, 0.25) is 0 Å². The molecule has 0 saturated heterocycles. The molecule has 1 N–H and O–H groups in total. The number of halogens is 1. The maximum Gasteiger partial charge on any atom is 0.123 e. The topological polar surface area (TPSA) is 12.0 Å². The quantitative estimate of drug-likeness (QED) is 0.604. The molecule has 0 radical (unpaired) electrons. The van der Waals surface area contributed by atoms with Crippen LogP contribution in [0.4, 0.5) is 4.39 Å². The fourth-order valence-electron chi connectivity index (χ4n) is 2.42. The van der Waals surface area contributed by atoms with E-state index in [1.54, 1.807) is 12.1 Å². The molecule has 1 rings (SSSR count). The van der Waals surface area contributed by atoms with Crippen LogP contribution in [0.15, 0.2) is 24.3 Å². The molecule has 1 aromatic rings. The van der Waals surface area contributed by atoms with E-state index in [0.29, 0.717) is 6.04 Å². The Morgan fingerprint density at radius 2 is 1.63 bits per heavy atom. The zero-order chi connectivity index (χ0) is 13.9. The molecule has 0 aliphatic rings. The molecule has 2 heteroatoms. The molecule has 0 bridgehead atoms. The number of nitrogens with one attached hydrogen (secondary N) is 1. The smallest absolute Gasteiger partial charge is 0.123 e. The fraction of sp³-hybridized carbons (Fsp3) is 0.647. The van der Waals surface area contributed by atoms with E-state index >= 15 is 0 Å². The van der Waals surface area contributed by atoms with E-state index in [1.807, 2.05) is 19.2 Å². The van der Waals surface area contributed by atoms with Gasteiger partial charge in [0.05, 0.1) is 0 Å². The molecule has 0 spiro atoms. The van der Waals surface area contributed by atoms with Gasteiger partial charge in [-0.1, -0.05) is 57.6 Å². The van der Waals surface area contributed by atoms with Gasteiger partial charge >= 0.3 is 0 Å². The van der Waals surface area contributed by atoms with Crippen LogP contribution < -0.4 is 5.32 Å². The van der Waals surface area contributed by atoms with Gasteiger partial charge < -0.3 is 5.32 Å². The van der Waals surface area contributed by atoms with E-state index in [-0.39, 0.29) is 5.82 Å². The van der Waals surface area contributed by atoms with E-state index in [2.05, 4.69) is 12.2 Å². The van der Waals surface area contributed by atoms with E-state index in [1.165, 1.54) is 50.5 Å². The van der Waals surface area contributed by atoms with Crippen LogP contribution >= 0.6 is 0 Å². The zero-order valence-corrected chi connectivity index (χ0v) is 12.4. The molecule has 0 heterocycles. The Morgan fingerprint density at radius 1 is 1.00 bits per heavy atom. The summed E-state index contributed by atoms with van der Waals surface area (Å²) in [7, 11) is 2.02. The number of unbranched alkanes of at least 4 members (excludes halogenated alkanes) is 5.